The molecule has 0 aliphatic carbocycles. The number of carbonyl (C=O) groups excluding carboxylic acids is 1. The van der Waals surface area contributed by atoms with Gasteiger partial charge < -0.3 is 9.47 Å². The standard InChI is InChI=1S/C23H19ClF3NO3S/c1-14-9-16(19(24)10-21(14)31-12-22(29)30-2)13-32-18-6-3-15(4-7-18)20-8-5-17(11-28-20)23(25,26)27/h3-11H,12-13H2,1-2H3. The van der Waals surface area contributed by atoms with Gasteiger partial charge in [-0.3, -0.25) is 4.98 Å². The summed E-state index contributed by atoms with van der Waals surface area (Å²) in [4.78, 5) is 16.1. The van der Waals surface area contributed by atoms with Crippen LogP contribution in [0.5, 0.6) is 5.75 Å². The van der Waals surface area contributed by atoms with Crippen molar-refractivity contribution in [3.05, 3.63) is 76.4 Å². The van der Waals surface area contributed by atoms with Crippen molar-refractivity contribution in [2.75, 3.05) is 13.7 Å². The lowest BCUT2D eigenvalue weighted by atomic mass is 10.1. The van der Waals surface area contributed by atoms with Gasteiger partial charge in [-0.05, 0) is 48.4 Å². The summed E-state index contributed by atoms with van der Waals surface area (Å²) in [5.41, 5.74) is 2.17. The molecule has 0 bridgehead atoms. The van der Waals surface area contributed by atoms with Crippen LogP contribution in [0.3, 0.4) is 0 Å². The van der Waals surface area contributed by atoms with Crippen LogP contribution in [0.15, 0.2) is 59.6 Å². The first-order chi connectivity index (χ1) is 15.2. The van der Waals surface area contributed by atoms with Crippen molar-refractivity contribution in [2.45, 2.75) is 23.7 Å². The summed E-state index contributed by atoms with van der Waals surface area (Å²) in [5.74, 6) is 0.645. The van der Waals surface area contributed by atoms with Gasteiger partial charge in [0.2, 0.25) is 0 Å². The summed E-state index contributed by atoms with van der Waals surface area (Å²) >= 11 is 7.93. The van der Waals surface area contributed by atoms with Gasteiger partial charge in [-0.2, -0.15) is 13.2 Å². The van der Waals surface area contributed by atoms with Gasteiger partial charge in [0.05, 0.1) is 18.4 Å². The van der Waals surface area contributed by atoms with E-state index in [2.05, 4.69) is 9.72 Å². The molecule has 0 atom stereocenters. The molecule has 0 radical (unpaired) electrons. The average molecular weight is 482 g/mol. The predicted molar refractivity (Wildman–Crippen MR) is 118 cm³/mol. The number of rotatable bonds is 7. The van der Waals surface area contributed by atoms with Gasteiger partial charge >= 0.3 is 12.1 Å². The Morgan fingerprint density at radius 2 is 1.84 bits per heavy atom. The molecule has 0 aliphatic rings. The number of nitrogens with zero attached hydrogens (tertiary/aromatic N) is 1. The van der Waals surface area contributed by atoms with E-state index in [1.54, 1.807) is 17.8 Å². The molecule has 0 N–H and O–H groups in total. The van der Waals surface area contributed by atoms with Gasteiger partial charge in [0, 0.05) is 27.4 Å². The number of aryl methyl sites for hydroxylation is 1. The summed E-state index contributed by atoms with van der Waals surface area (Å²) < 4.78 is 48.0. The zero-order valence-electron chi connectivity index (χ0n) is 17.2. The van der Waals surface area contributed by atoms with Crippen LogP contribution in [0.25, 0.3) is 11.3 Å². The van der Waals surface area contributed by atoms with Gasteiger partial charge in [0.25, 0.3) is 0 Å². The van der Waals surface area contributed by atoms with Crippen molar-refractivity contribution in [1.82, 2.24) is 4.98 Å². The number of esters is 1. The number of hydrogen-bond acceptors (Lipinski definition) is 5. The Morgan fingerprint density at radius 1 is 1.12 bits per heavy atom. The van der Waals surface area contributed by atoms with Crippen LogP contribution in [-0.4, -0.2) is 24.7 Å². The molecule has 1 aromatic heterocycles. The van der Waals surface area contributed by atoms with E-state index in [1.165, 1.54) is 13.2 Å². The van der Waals surface area contributed by atoms with Gasteiger partial charge in [0.1, 0.15) is 5.75 Å². The molecule has 0 amide bonds. The van der Waals surface area contributed by atoms with Crippen LogP contribution < -0.4 is 4.74 Å². The van der Waals surface area contributed by atoms with E-state index >= 15 is 0 Å². The topological polar surface area (TPSA) is 48.4 Å². The highest BCUT2D eigenvalue weighted by Crippen LogP contribution is 2.33. The normalized spacial score (nSPS) is 11.3. The van der Waals surface area contributed by atoms with E-state index in [4.69, 9.17) is 16.3 Å². The van der Waals surface area contributed by atoms with Crippen LogP contribution in [0, 0.1) is 6.92 Å². The molecule has 3 aromatic rings. The molecule has 0 saturated heterocycles. The molecule has 0 spiro atoms. The molecule has 168 valence electrons. The maximum Gasteiger partial charge on any atom is 0.417 e. The molecule has 0 aliphatic heterocycles. The number of pyridine rings is 1. The fourth-order valence-corrected chi connectivity index (χ4v) is 3.99. The minimum atomic E-state index is -4.41. The first-order valence-electron chi connectivity index (χ1n) is 9.42. The van der Waals surface area contributed by atoms with Crippen LogP contribution >= 0.6 is 23.4 Å². The second kappa shape index (κ2) is 10.3. The summed E-state index contributed by atoms with van der Waals surface area (Å²) in [6.45, 7) is 1.67. The van der Waals surface area contributed by atoms with E-state index < -0.39 is 17.7 Å². The van der Waals surface area contributed by atoms with E-state index in [0.29, 0.717) is 22.2 Å². The smallest absolute Gasteiger partial charge is 0.417 e. The van der Waals surface area contributed by atoms with E-state index in [9.17, 15) is 18.0 Å². The lowest BCUT2D eigenvalue weighted by Crippen LogP contribution is -2.13. The molecule has 3 rings (SSSR count). The SMILES string of the molecule is COC(=O)COc1cc(Cl)c(CSc2ccc(-c3ccc(C(F)(F)F)cn3)cc2)cc1C. The number of hydrogen-bond donors (Lipinski definition) is 0. The Labute approximate surface area is 192 Å². The number of halogens is 4. The third kappa shape index (κ3) is 6.17. The number of ether oxygens (including phenoxy) is 2. The Morgan fingerprint density at radius 3 is 2.44 bits per heavy atom. The molecular formula is C23H19ClF3NO3S. The highest BCUT2D eigenvalue weighted by molar-refractivity contribution is 7.98. The molecule has 4 nitrogen and oxygen atoms in total. The highest BCUT2D eigenvalue weighted by Gasteiger charge is 2.30. The van der Waals surface area contributed by atoms with Gasteiger partial charge in [-0.1, -0.05) is 29.8 Å². The molecule has 0 unspecified atom stereocenters. The zero-order valence-corrected chi connectivity index (χ0v) is 18.8. The molecule has 9 heteroatoms. The number of thioether (sulfide) groups is 1. The molecule has 2 aromatic carbocycles. The number of alkyl halides is 3. The van der Waals surface area contributed by atoms with E-state index in [1.807, 2.05) is 37.3 Å². The minimum absolute atomic E-state index is 0.193. The van der Waals surface area contributed by atoms with Crippen LogP contribution in [0.2, 0.25) is 5.02 Å². The summed E-state index contributed by atoms with van der Waals surface area (Å²) in [7, 11) is 1.29. The Bertz CT molecular complexity index is 1090. The monoisotopic (exact) mass is 481 g/mol. The third-order valence-electron chi connectivity index (χ3n) is 4.55. The maximum atomic E-state index is 12.7. The molecule has 0 saturated carbocycles. The molecule has 32 heavy (non-hydrogen) atoms. The number of methoxy groups -OCH3 is 1. The largest absolute Gasteiger partial charge is 0.482 e. The second-order valence-electron chi connectivity index (χ2n) is 6.82. The first-order valence-corrected chi connectivity index (χ1v) is 10.8. The zero-order chi connectivity index (χ0) is 23.3. The highest BCUT2D eigenvalue weighted by atomic mass is 35.5. The molecule has 0 fully saturated rings. The van der Waals surface area contributed by atoms with Gasteiger partial charge in [-0.15, -0.1) is 11.8 Å². The third-order valence-corrected chi connectivity index (χ3v) is 5.97. The van der Waals surface area contributed by atoms with Crippen molar-refractivity contribution in [1.29, 1.82) is 0 Å². The van der Waals surface area contributed by atoms with Crippen molar-refractivity contribution in [3.63, 3.8) is 0 Å². The minimum Gasteiger partial charge on any atom is -0.482 e. The average Bonchev–Trinajstić information content (AvgIpc) is 2.78. The fraction of sp³-hybridized carbons (Fsp3) is 0.217. The van der Waals surface area contributed by atoms with E-state index in [-0.39, 0.29) is 6.61 Å². The summed E-state index contributed by atoms with van der Waals surface area (Å²) in [6.07, 6.45) is -3.57. The van der Waals surface area contributed by atoms with Crippen LogP contribution in [0.4, 0.5) is 13.2 Å². The van der Waals surface area contributed by atoms with Gasteiger partial charge in [-0.25, -0.2) is 4.79 Å². The van der Waals surface area contributed by atoms with Crippen molar-refractivity contribution < 1.29 is 27.4 Å². The Balaban J connectivity index is 1.64. The van der Waals surface area contributed by atoms with Gasteiger partial charge in [0.15, 0.2) is 6.61 Å². The van der Waals surface area contributed by atoms with Crippen molar-refractivity contribution >= 4 is 29.3 Å². The summed E-state index contributed by atoms with van der Waals surface area (Å²) in [6, 6.07) is 13.4. The molecular weight excluding hydrogens is 463 g/mol. The lowest BCUT2D eigenvalue weighted by Gasteiger charge is -2.12. The number of carbonyl (C=O) groups is 1. The van der Waals surface area contributed by atoms with Crippen molar-refractivity contribution in [3.8, 4) is 17.0 Å². The summed E-state index contributed by atoms with van der Waals surface area (Å²) in [5, 5.41) is 0.522. The predicted octanol–water partition coefficient (Wildman–Crippen LogP) is 6.57. The quantitative estimate of drug-likeness (QED) is 0.282. The van der Waals surface area contributed by atoms with Crippen LogP contribution in [0.1, 0.15) is 16.7 Å². The van der Waals surface area contributed by atoms with Crippen molar-refractivity contribution in [2.24, 2.45) is 0 Å². The maximum absolute atomic E-state index is 12.7. The lowest BCUT2D eigenvalue weighted by molar-refractivity contribution is -0.143. The Kier molecular flexibility index (Phi) is 7.69. The second-order valence-corrected chi connectivity index (χ2v) is 8.27. The fourth-order valence-electron chi connectivity index (χ4n) is 2.80. The number of benzene rings is 2. The molecule has 1 heterocycles. The number of aromatic nitrogens is 1. The first kappa shape index (κ1) is 23.9. The Hall–Kier alpha value is -2.71. The van der Waals surface area contributed by atoms with Crippen LogP contribution in [-0.2, 0) is 21.5 Å². The van der Waals surface area contributed by atoms with E-state index in [0.717, 1.165) is 33.8 Å².